The summed E-state index contributed by atoms with van der Waals surface area (Å²) in [6.45, 7) is -0.0231. The second-order valence-electron chi connectivity index (χ2n) is 3.72. The molecule has 0 saturated carbocycles. The molecule has 0 radical (unpaired) electrons. The molecule has 0 bridgehead atoms. The van der Waals surface area contributed by atoms with Gasteiger partial charge < -0.3 is 16.0 Å². The number of carbonyl (C=O) groups excluding carboxylic acids is 2. The summed E-state index contributed by atoms with van der Waals surface area (Å²) in [5.74, 6) is -0.169. The fourth-order valence-electron chi connectivity index (χ4n) is 1.71. The molecule has 0 fully saturated rings. The number of amides is 2. The molecule has 16 heavy (non-hydrogen) atoms. The van der Waals surface area contributed by atoms with Crippen molar-refractivity contribution in [3.05, 3.63) is 23.8 Å². The highest BCUT2D eigenvalue weighted by Crippen LogP contribution is 2.27. The van der Waals surface area contributed by atoms with Gasteiger partial charge in [-0.2, -0.15) is 0 Å². The lowest BCUT2D eigenvalue weighted by Crippen LogP contribution is -2.32. The molecule has 2 amide bonds. The Morgan fingerprint density at radius 3 is 3.00 bits per heavy atom. The topological polar surface area (TPSA) is 75.4 Å². The summed E-state index contributed by atoms with van der Waals surface area (Å²) < 4.78 is 0. The van der Waals surface area contributed by atoms with Gasteiger partial charge in [0, 0.05) is 18.4 Å². The van der Waals surface area contributed by atoms with Crippen LogP contribution >= 0.6 is 0 Å². The van der Waals surface area contributed by atoms with E-state index in [-0.39, 0.29) is 18.4 Å². The third kappa shape index (κ3) is 1.77. The van der Waals surface area contributed by atoms with Crippen LogP contribution in [0.1, 0.15) is 5.56 Å². The van der Waals surface area contributed by atoms with Gasteiger partial charge in [-0.25, -0.2) is 0 Å². The predicted octanol–water partition coefficient (Wildman–Crippen LogP) is 0.103. The summed E-state index contributed by atoms with van der Waals surface area (Å²) >= 11 is 0. The predicted molar refractivity (Wildman–Crippen MR) is 61.2 cm³/mol. The van der Waals surface area contributed by atoms with Crippen LogP contribution in [-0.4, -0.2) is 25.4 Å². The highest BCUT2D eigenvalue weighted by molar-refractivity contribution is 6.00. The lowest BCUT2D eigenvalue weighted by molar-refractivity contribution is -0.117. The number of nitrogens with two attached hydrogens (primary N) is 1. The SMILES string of the molecule is CN(C(=O)CN)c1ccc2c(c1)CC(=O)N2. The number of carbonyl (C=O) groups is 2. The van der Waals surface area contributed by atoms with Crippen molar-refractivity contribution in [2.24, 2.45) is 5.73 Å². The number of fused-ring (bicyclic) bond motifs is 1. The quantitative estimate of drug-likeness (QED) is 0.741. The summed E-state index contributed by atoms with van der Waals surface area (Å²) in [6.07, 6.45) is 0.369. The minimum Gasteiger partial charge on any atom is -0.326 e. The Morgan fingerprint density at radius 1 is 1.56 bits per heavy atom. The van der Waals surface area contributed by atoms with E-state index in [0.29, 0.717) is 6.42 Å². The minimum atomic E-state index is -0.155. The molecule has 0 spiro atoms. The van der Waals surface area contributed by atoms with Gasteiger partial charge in [0.25, 0.3) is 0 Å². The van der Waals surface area contributed by atoms with E-state index in [1.807, 2.05) is 6.07 Å². The van der Waals surface area contributed by atoms with Crippen molar-refractivity contribution >= 4 is 23.2 Å². The maximum Gasteiger partial charge on any atom is 0.240 e. The van der Waals surface area contributed by atoms with E-state index in [1.54, 1.807) is 19.2 Å². The molecule has 1 aliphatic rings. The summed E-state index contributed by atoms with van der Waals surface area (Å²) in [7, 11) is 1.67. The van der Waals surface area contributed by atoms with Gasteiger partial charge >= 0.3 is 0 Å². The molecule has 2 rings (SSSR count). The molecule has 1 heterocycles. The number of nitrogens with zero attached hydrogens (tertiary/aromatic N) is 1. The number of rotatable bonds is 2. The van der Waals surface area contributed by atoms with Gasteiger partial charge in [0.2, 0.25) is 11.8 Å². The zero-order valence-corrected chi connectivity index (χ0v) is 8.99. The second-order valence-corrected chi connectivity index (χ2v) is 3.72. The van der Waals surface area contributed by atoms with Crippen molar-refractivity contribution in [1.82, 2.24) is 0 Å². The van der Waals surface area contributed by atoms with E-state index in [0.717, 1.165) is 16.9 Å². The standard InChI is InChI=1S/C11H13N3O2/c1-14(11(16)6-12)8-2-3-9-7(4-8)5-10(15)13-9/h2-4H,5-6,12H2,1H3,(H,13,15). The van der Waals surface area contributed by atoms with Crippen LogP contribution in [0.3, 0.4) is 0 Å². The van der Waals surface area contributed by atoms with Gasteiger partial charge in [-0.15, -0.1) is 0 Å². The van der Waals surface area contributed by atoms with Crippen molar-refractivity contribution in [1.29, 1.82) is 0 Å². The Kier molecular flexibility index (Phi) is 2.62. The molecule has 5 heteroatoms. The van der Waals surface area contributed by atoms with Crippen LogP contribution in [-0.2, 0) is 16.0 Å². The molecular formula is C11H13N3O2. The third-order valence-electron chi connectivity index (χ3n) is 2.65. The first-order valence-electron chi connectivity index (χ1n) is 5.01. The molecule has 0 unspecified atom stereocenters. The van der Waals surface area contributed by atoms with Crippen LogP contribution in [0.25, 0.3) is 0 Å². The van der Waals surface area contributed by atoms with Crippen molar-refractivity contribution in [3.8, 4) is 0 Å². The first-order chi connectivity index (χ1) is 7.61. The molecule has 0 aliphatic carbocycles. The van der Waals surface area contributed by atoms with E-state index in [4.69, 9.17) is 5.73 Å². The number of hydrogen-bond acceptors (Lipinski definition) is 3. The average Bonchev–Trinajstić information content (AvgIpc) is 2.65. The number of nitrogens with one attached hydrogen (secondary N) is 1. The molecule has 84 valence electrons. The first-order valence-corrected chi connectivity index (χ1v) is 5.01. The normalized spacial score (nSPS) is 13.2. The van der Waals surface area contributed by atoms with Gasteiger partial charge in [0.15, 0.2) is 0 Å². The van der Waals surface area contributed by atoms with Crippen molar-refractivity contribution in [3.63, 3.8) is 0 Å². The second kappa shape index (κ2) is 3.94. The number of anilines is 2. The lowest BCUT2D eigenvalue weighted by Gasteiger charge is -2.17. The number of likely N-dealkylation sites (N-methyl/N-ethyl adjacent to an activating group) is 1. The van der Waals surface area contributed by atoms with Gasteiger partial charge in [-0.3, -0.25) is 9.59 Å². The summed E-state index contributed by atoms with van der Waals surface area (Å²) in [6, 6.07) is 5.43. The van der Waals surface area contributed by atoms with Crippen LogP contribution < -0.4 is 16.0 Å². The Bertz CT molecular complexity index is 457. The molecule has 3 N–H and O–H groups in total. The van der Waals surface area contributed by atoms with E-state index < -0.39 is 0 Å². The van der Waals surface area contributed by atoms with Gasteiger partial charge in [-0.05, 0) is 23.8 Å². The van der Waals surface area contributed by atoms with E-state index in [1.165, 1.54) is 4.90 Å². The van der Waals surface area contributed by atoms with Crippen LogP contribution in [0.4, 0.5) is 11.4 Å². The van der Waals surface area contributed by atoms with E-state index in [2.05, 4.69) is 5.32 Å². The minimum absolute atomic E-state index is 0.0139. The van der Waals surface area contributed by atoms with Crippen LogP contribution in [0.5, 0.6) is 0 Å². The monoisotopic (exact) mass is 219 g/mol. The summed E-state index contributed by atoms with van der Waals surface area (Å²) in [5, 5.41) is 2.74. The maximum absolute atomic E-state index is 11.4. The fraction of sp³-hybridized carbons (Fsp3) is 0.273. The van der Waals surface area contributed by atoms with Gasteiger partial charge in [-0.1, -0.05) is 0 Å². The molecule has 1 aliphatic heterocycles. The Balaban J connectivity index is 2.29. The fourth-order valence-corrected chi connectivity index (χ4v) is 1.71. The average molecular weight is 219 g/mol. The van der Waals surface area contributed by atoms with E-state index in [9.17, 15) is 9.59 Å². The van der Waals surface area contributed by atoms with Crippen molar-refractivity contribution in [2.75, 3.05) is 23.8 Å². The van der Waals surface area contributed by atoms with Crippen LogP contribution in [0.2, 0.25) is 0 Å². The zero-order chi connectivity index (χ0) is 11.7. The molecule has 0 saturated heterocycles. The van der Waals surface area contributed by atoms with Gasteiger partial charge in [0.05, 0.1) is 13.0 Å². The largest absolute Gasteiger partial charge is 0.326 e. The van der Waals surface area contributed by atoms with Gasteiger partial charge in [0.1, 0.15) is 0 Å². The third-order valence-corrected chi connectivity index (χ3v) is 2.65. The smallest absolute Gasteiger partial charge is 0.240 e. The van der Waals surface area contributed by atoms with Crippen LogP contribution in [0, 0.1) is 0 Å². The number of hydrogen-bond donors (Lipinski definition) is 2. The summed E-state index contributed by atoms with van der Waals surface area (Å²) in [4.78, 5) is 24.0. The van der Waals surface area contributed by atoms with Crippen LogP contribution in [0.15, 0.2) is 18.2 Å². The highest BCUT2D eigenvalue weighted by Gasteiger charge is 2.19. The first kappa shape index (κ1) is 10.6. The molecule has 0 atom stereocenters. The maximum atomic E-state index is 11.4. The molecule has 1 aromatic carbocycles. The zero-order valence-electron chi connectivity index (χ0n) is 8.99. The Hall–Kier alpha value is -1.88. The lowest BCUT2D eigenvalue weighted by atomic mass is 10.1. The summed E-state index contributed by atoms with van der Waals surface area (Å²) in [5.41, 5.74) is 7.78. The number of benzene rings is 1. The molecular weight excluding hydrogens is 206 g/mol. The van der Waals surface area contributed by atoms with E-state index >= 15 is 0 Å². The molecule has 1 aromatic rings. The van der Waals surface area contributed by atoms with Crippen molar-refractivity contribution in [2.45, 2.75) is 6.42 Å². The molecule has 0 aromatic heterocycles. The highest BCUT2D eigenvalue weighted by atomic mass is 16.2. The Morgan fingerprint density at radius 2 is 2.31 bits per heavy atom. The molecule has 5 nitrogen and oxygen atoms in total. The Labute approximate surface area is 93.2 Å². The van der Waals surface area contributed by atoms with Crippen molar-refractivity contribution < 1.29 is 9.59 Å².